The van der Waals surface area contributed by atoms with E-state index in [0.29, 0.717) is 5.75 Å². The number of carboxylic acid groups (broad SMARTS) is 1. The number of fused-ring (bicyclic) bond motifs is 1. The predicted molar refractivity (Wildman–Crippen MR) is 118 cm³/mol. The second-order valence-corrected chi connectivity index (χ2v) is 7.02. The normalized spacial score (nSPS) is 10.5. The summed E-state index contributed by atoms with van der Waals surface area (Å²) < 4.78 is 16.5. The van der Waals surface area contributed by atoms with Crippen molar-refractivity contribution in [2.45, 2.75) is 0 Å². The molecular formula is C25H18NO7-. The molecule has 0 spiro atoms. The van der Waals surface area contributed by atoms with Gasteiger partial charge in [-0.2, -0.15) is 0 Å². The molecule has 4 aromatic rings. The molecule has 0 fully saturated rings. The Balaban J connectivity index is 1.46. The van der Waals surface area contributed by atoms with Crippen LogP contribution in [0.15, 0.2) is 88.3 Å². The summed E-state index contributed by atoms with van der Waals surface area (Å²) in [6.45, 7) is -1.00. The number of hydrogen-bond donors (Lipinski definition) is 1. The minimum atomic E-state index is -1.40. The Labute approximate surface area is 188 Å². The van der Waals surface area contributed by atoms with Gasteiger partial charge in [0.25, 0.3) is 5.91 Å². The van der Waals surface area contributed by atoms with Crippen molar-refractivity contribution in [3.8, 4) is 28.4 Å². The lowest BCUT2D eigenvalue weighted by molar-refractivity contribution is -0.304. The first-order valence-corrected chi connectivity index (χ1v) is 9.98. The van der Waals surface area contributed by atoms with Crippen molar-refractivity contribution < 1.29 is 28.6 Å². The van der Waals surface area contributed by atoms with Crippen LogP contribution in [0.25, 0.3) is 22.1 Å². The molecule has 0 aliphatic heterocycles. The molecule has 4 rings (SSSR count). The molecular weight excluding hydrogens is 426 g/mol. The number of benzene rings is 3. The van der Waals surface area contributed by atoms with E-state index in [1.165, 1.54) is 24.5 Å². The van der Waals surface area contributed by atoms with Gasteiger partial charge in [-0.1, -0.05) is 42.5 Å². The fraction of sp³-hybridized carbons (Fsp3) is 0.0800. The van der Waals surface area contributed by atoms with Crippen LogP contribution in [0.2, 0.25) is 0 Å². The third kappa shape index (κ3) is 5.37. The molecule has 1 amide bonds. The number of amides is 1. The lowest BCUT2D eigenvalue weighted by Gasteiger charge is -2.09. The van der Waals surface area contributed by atoms with Gasteiger partial charge in [0.05, 0.1) is 17.9 Å². The van der Waals surface area contributed by atoms with Crippen molar-refractivity contribution in [1.29, 1.82) is 0 Å². The van der Waals surface area contributed by atoms with Gasteiger partial charge >= 0.3 is 0 Å². The van der Waals surface area contributed by atoms with Crippen LogP contribution in [0.3, 0.4) is 0 Å². The molecule has 0 aliphatic rings. The Morgan fingerprint density at radius 2 is 1.61 bits per heavy atom. The number of aliphatic carboxylic acids is 1. The number of ether oxygens (including phenoxy) is 2. The lowest BCUT2D eigenvalue weighted by Crippen LogP contribution is -2.39. The summed E-state index contributed by atoms with van der Waals surface area (Å²) in [6, 6.07) is 21.7. The van der Waals surface area contributed by atoms with Gasteiger partial charge in [-0.05, 0) is 35.4 Å². The zero-order valence-electron chi connectivity index (χ0n) is 17.3. The van der Waals surface area contributed by atoms with E-state index in [1.54, 1.807) is 12.1 Å². The maximum atomic E-state index is 12.8. The average Bonchev–Trinajstić information content (AvgIpc) is 2.84. The summed E-state index contributed by atoms with van der Waals surface area (Å²) in [6.07, 6.45) is 1.21. The molecule has 33 heavy (non-hydrogen) atoms. The highest BCUT2D eigenvalue weighted by atomic mass is 16.5. The molecule has 0 bridgehead atoms. The van der Waals surface area contributed by atoms with Crippen LogP contribution in [0.4, 0.5) is 0 Å². The highest BCUT2D eigenvalue weighted by Crippen LogP contribution is 2.26. The molecule has 1 N–H and O–H groups in total. The van der Waals surface area contributed by atoms with E-state index in [0.717, 1.165) is 11.1 Å². The Bertz CT molecular complexity index is 1350. The van der Waals surface area contributed by atoms with Crippen LogP contribution in [0, 0.1) is 0 Å². The van der Waals surface area contributed by atoms with Crippen LogP contribution in [0.1, 0.15) is 0 Å². The molecule has 0 radical (unpaired) electrons. The van der Waals surface area contributed by atoms with Crippen LogP contribution in [-0.4, -0.2) is 25.0 Å². The third-order valence-corrected chi connectivity index (χ3v) is 4.70. The summed E-state index contributed by atoms with van der Waals surface area (Å²) in [7, 11) is 0. The molecule has 8 nitrogen and oxygen atoms in total. The van der Waals surface area contributed by atoms with Crippen molar-refractivity contribution in [3.63, 3.8) is 0 Å². The molecule has 166 valence electrons. The van der Waals surface area contributed by atoms with E-state index in [1.807, 2.05) is 42.5 Å². The Morgan fingerprint density at radius 1 is 0.909 bits per heavy atom. The number of carboxylic acids is 1. The molecule has 0 atom stereocenters. The summed E-state index contributed by atoms with van der Waals surface area (Å²) in [4.78, 5) is 34.7. The monoisotopic (exact) mass is 444 g/mol. The van der Waals surface area contributed by atoms with Crippen LogP contribution in [0.5, 0.6) is 17.2 Å². The standard InChI is InChI=1S/C25H19NO7/c27-23(26-13-24(28)29)15-31-19-10-11-20-21(12-19)32-14-22(25(20)30)33-18-8-6-17(7-9-18)16-4-2-1-3-5-16/h1-12,14H,13,15H2,(H,26,27)(H,28,29)/p-1. The number of rotatable bonds is 8. The maximum absolute atomic E-state index is 12.8. The van der Waals surface area contributed by atoms with Gasteiger partial charge in [0.2, 0.25) is 11.2 Å². The van der Waals surface area contributed by atoms with E-state index in [9.17, 15) is 19.5 Å². The summed E-state index contributed by atoms with van der Waals surface area (Å²) in [5, 5.41) is 12.8. The maximum Gasteiger partial charge on any atom is 0.258 e. The molecule has 1 heterocycles. The minimum Gasteiger partial charge on any atom is -0.548 e. The number of carbonyl (C=O) groups is 2. The lowest BCUT2D eigenvalue weighted by atomic mass is 10.1. The van der Waals surface area contributed by atoms with Gasteiger partial charge < -0.3 is 29.1 Å². The summed E-state index contributed by atoms with van der Waals surface area (Å²) in [5.74, 6) is -1.22. The first-order chi connectivity index (χ1) is 16.0. The largest absolute Gasteiger partial charge is 0.548 e. The Hall–Kier alpha value is -4.59. The average molecular weight is 444 g/mol. The van der Waals surface area contributed by atoms with Crippen LogP contribution >= 0.6 is 0 Å². The van der Waals surface area contributed by atoms with Gasteiger partial charge in [-0.15, -0.1) is 0 Å². The van der Waals surface area contributed by atoms with E-state index in [2.05, 4.69) is 5.32 Å². The minimum absolute atomic E-state index is 0.0327. The molecule has 8 heteroatoms. The van der Waals surface area contributed by atoms with Crippen molar-refractivity contribution in [2.75, 3.05) is 13.2 Å². The molecule has 0 saturated carbocycles. The molecule has 3 aromatic carbocycles. The highest BCUT2D eigenvalue weighted by molar-refractivity contribution is 5.82. The summed E-state index contributed by atoms with van der Waals surface area (Å²) in [5.41, 5.74) is 1.99. The summed E-state index contributed by atoms with van der Waals surface area (Å²) >= 11 is 0. The Morgan fingerprint density at radius 3 is 2.33 bits per heavy atom. The van der Waals surface area contributed by atoms with Gasteiger partial charge in [-0.3, -0.25) is 9.59 Å². The fourth-order valence-corrected chi connectivity index (χ4v) is 3.09. The number of hydrogen-bond acceptors (Lipinski definition) is 7. The number of nitrogens with one attached hydrogen (secondary N) is 1. The van der Waals surface area contributed by atoms with Gasteiger partial charge in [-0.25, -0.2) is 0 Å². The third-order valence-electron chi connectivity index (χ3n) is 4.70. The van der Waals surface area contributed by atoms with E-state index >= 15 is 0 Å². The molecule has 0 unspecified atom stereocenters. The molecule has 0 aliphatic carbocycles. The topological polar surface area (TPSA) is 118 Å². The second kappa shape index (κ2) is 9.69. The van der Waals surface area contributed by atoms with Gasteiger partial charge in [0, 0.05) is 6.07 Å². The highest BCUT2D eigenvalue weighted by Gasteiger charge is 2.11. The van der Waals surface area contributed by atoms with E-state index in [-0.39, 0.29) is 27.9 Å². The smallest absolute Gasteiger partial charge is 0.258 e. The first kappa shape index (κ1) is 21.6. The predicted octanol–water partition coefficient (Wildman–Crippen LogP) is 2.50. The second-order valence-electron chi connectivity index (χ2n) is 7.02. The van der Waals surface area contributed by atoms with E-state index in [4.69, 9.17) is 13.9 Å². The molecule has 0 saturated heterocycles. The van der Waals surface area contributed by atoms with Crippen molar-refractivity contribution in [1.82, 2.24) is 5.32 Å². The van der Waals surface area contributed by atoms with Crippen molar-refractivity contribution in [3.05, 3.63) is 89.3 Å². The quantitative estimate of drug-likeness (QED) is 0.444. The van der Waals surface area contributed by atoms with Crippen LogP contribution < -0.4 is 25.3 Å². The first-order valence-electron chi connectivity index (χ1n) is 9.98. The van der Waals surface area contributed by atoms with Gasteiger partial charge in [0.15, 0.2) is 6.61 Å². The SMILES string of the molecule is O=C([O-])CNC(=O)COc1ccc2c(=O)c(Oc3ccc(-c4ccccc4)cc3)coc2c1. The van der Waals surface area contributed by atoms with E-state index < -0.39 is 25.0 Å². The molecule has 1 aromatic heterocycles. The van der Waals surface area contributed by atoms with Crippen LogP contribution in [-0.2, 0) is 9.59 Å². The van der Waals surface area contributed by atoms with Crippen molar-refractivity contribution >= 4 is 22.8 Å². The van der Waals surface area contributed by atoms with Crippen molar-refractivity contribution in [2.24, 2.45) is 0 Å². The zero-order valence-corrected chi connectivity index (χ0v) is 17.3. The zero-order chi connectivity index (χ0) is 23.2. The fourth-order valence-electron chi connectivity index (χ4n) is 3.09. The number of carbonyl (C=O) groups excluding carboxylic acids is 2. The van der Waals surface area contributed by atoms with Gasteiger partial charge in [0.1, 0.15) is 23.3 Å². The Kier molecular flexibility index (Phi) is 6.36.